The lowest BCUT2D eigenvalue weighted by molar-refractivity contribution is -0.119. The number of nitrogens with one attached hydrogen (secondary N) is 1. The van der Waals surface area contributed by atoms with E-state index in [0.717, 1.165) is 5.25 Å². The Labute approximate surface area is 95.5 Å². The van der Waals surface area contributed by atoms with Gasteiger partial charge in [-0.1, -0.05) is 6.42 Å². The molecule has 0 aromatic carbocycles. The van der Waals surface area contributed by atoms with Crippen LogP contribution in [0.4, 0.5) is 0 Å². The summed E-state index contributed by atoms with van der Waals surface area (Å²) in [6.07, 6.45) is 7.08. The second kappa shape index (κ2) is 6.35. The Hall–Kier alpha value is -0.260. The third-order valence-electron chi connectivity index (χ3n) is 2.95. The summed E-state index contributed by atoms with van der Waals surface area (Å²) < 4.78 is 0. The molecule has 0 saturated heterocycles. The van der Waals surface area contributed by atoms with E-state index in [1.165, 1.54) is 25.7 Å². The first-order valence-electron chi connectivity index (χ1n) is 5.44. The molecule has 1 fully saturated rings. The molecule has 0 aromatic heterocycles. The van der Waals surface area contributed by atoms with Crippen molar-refractivity contribution in [1.82, 2.24) is 5.32 Å². The summed E-state index contributed by atoms with van der Waals surface area (Å²) in [4.78, 5) is 10.7. The predicted molar refractivity (Wildman–Crippen MR) is 64.7 cm³/mol. The summed E-state index contributed by atoms with van der Waals surface area (Å²) in [6, 6.07) is -0.0544. The molecule has 0 aromatic rings. The lowest BCUT2D eigenvalue weighted by Gasteiger charge is -2.29. The zero-order chi connectivity index (χ0) is 11.3. The lowest BCUT2D eigenvalue weighted by atomic mass is 9.95. The van der Waals surface area contributed by atoms with E-state index in [-0.39, 0.29) is 0 Å². The fourth-order valence-electron chi connectivity index (χ4n) is 1.94. The predicted octanol–water partition coefficient (Wildman–Crippen LogP) is 0.0628. The average Bonchev–Trinajstić information content (AvgIpc) is 2.26. The van der Waals surface area contributed by atoms with Crippen molar-refractivity contribution >= 4 is 17.7 Å². The number of rotatable bonds is 5. The molecule has 88 valence electrons. The van der Waals surface area contributed by atoms with Crippen molar-refractivity contribution in [3.63, 3.8) is 0 Å². The minimum Gasteiger partial charge on any atom is -0.368 e. The molecule has 4 nitrogen and oxygen atoms in total. The Kier molecular flexibility index (Phi) is 5.42. The SMILES string of the molecule is CSC1CCCC(NCC(N)C(N)=O)C1. The van der Waals surface area contributed by atoms with Gasteiger partial charge in [0.15, 0.2) is 0 Å². The first-order valence-corrected chi connectivity index (χ1v) is 6.73. The quantitative estimate of drug-likeness (QED) is 0.625. The molecule has 3 atom stereocenters. The summed E-state index contributed by atoms with van der Waals surface area (Å²) in [5.74, 6) is -0.431. The molecule has 5 N–H and O–H groups in total. The number of hydrogen-bond donors (Lipinski definition) is 3. The van der Waals surface area contributed by atoms with Crippen molar-refractivity contribution in [3.8, 4) is 0 Å². The zero-order valence-electron chi connectivity index (χ0n) is 9.24. The van der Waals surface area contributed by atoms with Crippen LogP contribution in [0.5, 0.6) is 0 Å². The molecular formula is C10H21N3OS. The fourth-order valence-corrected chi connectivity index (χ4v) is 2.77. The Balaban J connectivity index is 2.23. The van der Waals surface area contributed by atoms with Crippen LogP contribution in [0.15, 0.2) is 0 Å². The molecule has 1 saturated carbocycles. The molecular weight excluding hydrogens is 210 g/mol. The minimum atomic E-state index is -0.556. The van der Waals surface area contributed by atoms with E-state index in [2.05, 4.69) is 11.6 Å². The number of carbonyl (C=O) groups is 1. The van der Waals surface area contributed by atoms with Crippen LogP contribution in [0, 0.1) is 0 Å². The lowest BCUT2D eigenvalue weighted by Crippen LogP contribution is -2.48. The summed E-state index contributed by atoms with van der Waals surface area (Å²) in [6.45, 7) is 0.501. The van der Waals surface area contributed by atoms with Gasteiger partial charge in [0, 0.05) is 17.8 Å². The first-order chi connectivity index (χ1) is 7.13. The maximum atomic E-state index is 10.7. The Bertz CT molecular complexity index is 213. The van der Waals surface area contributed by atoms with E-state index in [1.807, 2.05) is 11.8 Å². The van der Waals surface area contributed by atoms with Crippen LogP contribution in [0.2, 0.25) is 0 Å². The Morgan fingerprint density at radius 2 is 2.33 bits per heavy atom. The van der Waals surface area contributed by atoms with E-state index >= 15 is 0 Å². The molecule has 0 radical (unpaired) electrons. The van der Waals surface area contributed by atoms with E-state index in [9.17, 15) is 4.79 Å². The van der Waals surface area contributed by atoms with Crippen LogP contribution in [0.25, 0.3) is 0 Å². The van der Waals surface area contributed by atoms with Gasteiger partial charge in [0.1, 0.15) is 0 Å². The summed E-state index contributed by atoms with van der Waals surface area (Å²) in [7, 11) is 0. The maximum absolute atomic E-state index is 10.7. The molecule has 3 unspecified atom stereocenters. The monoisotopic (exact) mass is 231 g/mol. The van der Waals surface area contributed by atoms with Crippen molar-refractivity contribution < 1.29 is 4.79 Å². The van der Waals surface area contributed by atoms with Crippen LogP contribution >= 0.6 is 11.8 Å². The highest BCUT2D eigenvalue weighted by Gasteiger charge is 2.21. The van der Waals surface area contributed by atoms with Gasteiger partial charge in [0.05, 0.1) is 6.04 Å². The van der Waals surface area contributed by atoms with Gasteiger partial charge >= 0.3 is 0 Å². The van der Waals surface area contributed by atoms with Crippen molar-refractivity contribution in [2.45, 2.75) is 43.0 Å². The molecule has 1 rings (SSSR count). The van der Waals surface area contributed by atoms with Gasteiger partial charge in [-0.2, -0.15) is 11.8 Å². The van der Waals surface area contributed by atoms with Gasteiger partial charge in [-0.3, -0.25) is 4.79 Å². The largest absolute Gasteiger partial charge is 0.368 e. The van der Waals surface area contributed by atoms with Gasteiger partial charge in [-0.25, -0.2) is 0 Å². The third kappa shape index (κ3) is 4.40. The standard InChI is InChI=1S/C10H21N3OS/c1-15-8-4-2-3-7(5-8)13-6-9(11)10(12)14/h7-9,13H,2-6,11H2,1H3,(H2,12,14). The molecule has 1 aliphatic carbocycles. The van der Waals surface area contributed by atoms with E-state index in [4.69, 9.17) is 11.5 Å². The van der Waals surface area contributed by atoms with E-state index < -0.39 is 11.9 Å². The third-order valence-corrected chi connectivity index (χ3v) is 4.05. The van der Waals surface area contributed by atoms with Crippen LogP contribution in [-0.2, 0) is 4.79 Å². The molecule has 0 aliphatic heterocycles. The van der Waals surface area contributed by atoms with Crippen LogP contribution in [0.3, 0.4) is 0 Å². The Morgan fingerprint density at radius 3 is 2.93 bits per heavy atom. The number of primary amides is 1. The second-order valence-corrected chi connectivity index (χ2v) is 5.28. The molecule has 0 spiro atoms. The van der Waals surface area contributed by atoms with E-state index in [0.29, 0.717) is 12.6 Å². The summed E-state index contributed by atoms with van der Waals surface area (Å²) >= 11 is 1.93. The zero-order valence-corrected chi connectivity index (χ0v) is 10.1. The van der Waals surface area contributed by atoms with Crippen LogP contribution < -0.4 is 16.8 Å². The van der Waals surface area contributed by atoms with Crippen molar-refractivity contribution in [2.75, 3.05) is 12.8 Å². The highest BCUT2D eigenvalue weighted by molar-refractivity contribution is 7.99. The average molecular weight is 231 g/mol. The van der Waals surface area contributed by atoms with Crippen LogP contribution in [0.1, 0.15) is 25.7 Å². The van der Waals surface area contributed by atoms with Gasteiger partial charge < -0.3 is 16.8 Å². The second-order valence-electron chi connectivity index (χ2n) is 4.14. The molecule has 0 heterocycles. The Morgan fingerprint density at radius 1 is 1.60 bits per heavy atom. The normalized spacial score (nSPS) is 28.7. The highest BCUT2D eigenvalue weighted by Crippen LogP contribution is 2.26. The topological polar surface area (TPSA) is 81.1 Å². The van der Waals surface area contributed by atoms with Crippen molar-refractivity contribution in [2.24, 2.45) is 11.5 Å². The van der Waals surface area contributed by atoms with Gasteiger partial charge in [-0.15, -0.1) is 0 Å². The summed E-state index contributed by atoms with van der Waals surface area (Å²) in [5, 5.41) is 4.08. The smallest absolute Gasteiger partial charge is 0.235 e. The van der Waals surface area contributed by atoms with Gasteiger partial charge in [-0.05, 0) is 25.5 Å². The number of amides is 1. The molecule has 0 bridgehead atoms. The highest BCUT2D eigenvalue weighted by atomic mass is 32.2. The minimum absolute atomic E-state index is 0.431. The van der Waals surface area contributed by atoms with Crippen molar-refractivity contribution in [1.29, 1.82) is 0 Å². The van der Waals surface area contributed by atoms with Crippen molar-refractivity contribution in [3.05, 3.63) is 0 Å². The van der Waals surface area contributed by atoms with E-state index in [1.54, 1.807) is 0 Å². The fraction of sp³-hybridized carbons (Fsp3) is 0.900. The molecule has 5 heteroatoms. The van der Waals surface area contributed by atoms with Gasteiger partial charge in [0.2, 0.25) is 5.91 Å². The van der Waals surface area contributed by atoms with Crippen LogP contribution in [-0.4, -0.2) is 36.0 Å². The first kappa shape index (κ1) is 12.8. The molecule has 15 heavy (non-hydrogen) atoms. The number of carbonyl (C=O) groups excluding carboxylic acids is 1. The number of thioether (sulfide) groups is 1. The number of hydrogen-bond acceptors (Lipinski definition) is 4. The molecule has 1 aliphatic rings. The maximum Gasteiger partial charge on any atom is 0.235 e. The molecule has 1 amide bonds. The van der Waals surface area contributed by atoms with Gasteiger partial charge in [0.25, 0.3) is 0 Å². The summed E-state index contributed by atoms with van der Waals surface area (Å²) in [5.41, 5.74) is 10.7. The number of nitrogens with two attached hydrogens (primary N) is 2.